The van der Waals surface area contributed by atoms with Crippen molar-refractivity contribution in [2.45, 2.75) is 19.9 Å². The highest BCUT2D eigenvalue weighted by molar-refractivity contribution is 9.10. The van der Waals surface area contributed by atoms with Gasteiger partial charge in [0.15, 0.2) is 0 Å². The summed E-state index contributed by atoms with van der Waals surface area (Å²) in [5.41, 5.74) is 2.21. The Morgan fingerprint density at radius 1 is 1.39 bits per heavy atom. The molecule has 2 heterocycles. The highest BCUT2D eigenvalue weighted by atomic mass is 79.9. The molecule has 3 aromatic rings. The van der Waals surface area contributed by atoms with E-state index in [9.17, 15) is 4.79 Å². The third kappa shape index (κ3) is 3.54. The zero-order valence-electron chi connectivity index (χ0n) is 12.4. The maximum Gasteiger partial charge on any atom is 0.226 e. The number of carbonyl (C=O) groups is 1. The summed E-state index contributed by atoms with van der Waals surface area (Å²) in [6.45, 7) is 2.31. The van der Waals surface area contributed by atoms with Crippen molar-refractivity contribution in [3.05, 3.63) is 51.8 Å². The van der Waals surface area contributed by atoms with Crippen molar-refractivity contribution >= 4 is 50.0 Å². The van der Waals surface area contributed by atoms with Gasteiger partial charge >= 0.3 is 0 Å². The minimum atomic E-state index is -0.0939. The molecule has 1 N–H and O–H groups in total. The largest absolute Gasteiger partial charge is 0.324 e. The zero-order valence-corrected chi connectivity index (χ0v) is 14.7. The van der Waals surface area contributed by atoms with E-state index in [0.717, 1.165) is 21.1 Å². The van der Waals surface area contributed by atoms with Gasteiger partial charge in [-0.1, -0.05) is 33.6 Å². The summed E-state index contributed by atoms with van der Waals surface area (Å²) in [6, 6.07) is 7.56. The third-order valence-corrected chi connectivity index (χ3v) is 4.51. The predicted molar refractivity (Wildman–Crippen MR) is 94.7 cm³/mol. The molecule has 0 aliphatic heterocycles. The lowest BCUT2D eigenvalue weighted by Crippen LogP contribution is -2.15. The smallest absolute Gasteiger partial charge is 0.226 e. The molecule has 0 saturated carbocycles. The van der Waals surface area contributed by atoms with Crippen molar-refractivity contribution < 1.29 is 4.79 Å². The molecule has 2 aromatic heterocycles. The van der Waals surface area contributed by atoms with Crippen LogP contribution in [-0.2, 0) is 11.3 Å². The SMILES string of the molecule is Cc1nn(CCC(=O)Nc2ccc(Br)c3cccnc23)cc1Cl. The monoisotopic (exact) mass is 392 g/mol. The lowest BCUT2D eigenvalue weighted by molar-refractivity contribution is -0.116. The summed E-state index contributed by atoms with van der Waals surface area (Å²) in [5, 5.41) is 8.71. The Balaban J connectivity index is 1.72. The fourth-order valence-corrected chi connectivity index (χ4v) is 2.88. The number of hydrogen-bond donors (Lipinski definition) is 1. The number of amides is 1. The third-order valence-electron chi connectivity index (χ3n) is 3.44. The molecule has 0 saturated heterocycles. The van der Waals surface area contributed by atoms with E-state index in [1.165, 1.54) is 0 Å². The number of rotatable bonds is 4. The second-order valence-electron chi connectivity index (χ2n) is 5.12. The normalized spacial score (nSPS) is 10.9. The fourth-order valence-electron chi connectivity index (χ4n) is 2.28. The van der Waals surface area contributed by atoms with Gasteiger partial charge in [-0.15, -0.1) is 0 Å². The van der Waals surface area contributed by atoms with Gasteiger partial charge < -0.3 is 5.32 Å². The van der Waals surface area contributed by atoms with Crippen LogP contribution in [0.3, 0.4) is 0 Å². The number of nitrogens with zero attached hydrogens (tertiary/aromatic N) is 3. The summed E-state index contributed by atoms with van der Waals surface area (Å²) >= 11 is 9.45. The molecular weight excluding hydrogens is 380 g/mol. The van der Waals surface area contributed by atoms with Gasteiger partial charge in [-0.2, -0.15) is 5.10 Å². The quantitative estimate of drug-likeness (QED) is 0.723. The average molecular weight is 394 g/mol. The van der Waals surface area contributed by atoms with Gasteiger partial charge in [-0.3, -0.25) is 14.5 Å². The molecule has 0 aliphatic carbocycles. The molecule has 0 radical (unpaired) electrons. The Hall–Kier alpha value is -1.92. The maximum atomic E-state index is 12.2. The minimum Gasteiger partial charge on any atom is -0.324 e. The van der Waals surface area contributed by atoms with Gasteiger partial charge in [0.2, 0.25) is 5.91 Å². The van der Waals surface area contributed by atoms with Crippen molar-refractivity contribution in [3.63, 3.8) is 0 Å². The van der Waals surface area contributed by atoms with Gasteiger partial charge in [-0.05, 0) is 25.1 Å². The van der Waals surface area contributed by atoms with E-state index >= 15 is 0 Å². The number of carbonyl (C=O) groups excluding carboxylic acids is 1. The van der Waals surface area contributed by atoms with Crippen LogP contribution < -0.4 is 5.32 Å². The van der Waals surface area contributed by atoms with Crippen LogP contribution in [0.1, 0.15) is 12.1 Å². The summed E-state index contributed by atoms with van der Waals surface area (Å²) in [5.74, 6) is -0.0939. The lowest BCUT2D eigenvalue weighted by atomic mass is 10.2. The number of aryl methyl sites for hydroxylation is 2. The first kappa shape index (κ1) is 16.0. The molecule has 23 heavy (non-hydrogen) atoms. The summed E-state index contributed by atoms with van der Waals surface area (Å²) in [4.78, 5) is 16.5. The molecule has 1 amide bonds. The fraction of sp³-hybridized carbons (Fsp3) is 0.188. The predicted octanol–water partition coefficient (Wildman–Crippen LogP) is 4.18. The second kappa shape index (κ2) is 6.68. The first-order chi connectivity index (χ1) is 11.0. The Labute approximate surface area is 146 Å². The van der Waals surface area contributed by atoms with E-state index in [1.54, 1.807) is 17.1 Å². The number of nitrogens with one attached hydrogen (secondary N) is 1. The Morgan fingerprint density at radius 3 is 2.96 bits per heavy atom. The molecular formula is C16H14BrClN4O. The molecule has 0 spiro atoms. The highest BCUT2D eigenvalue weighted by Gasteiger charge is 2.10. The second-order valence-corrected chi connectivity index (χ2v) is 6.38. The van der Waals surface area contributed by atoms with Crippen LogP contribution in [-0.4, -0.2) is 20.7 Å². The lowest BCUT2D eigenvalue weighted by Gasteiger charge is -2.09. The number of hydrogen-bond acceptors (Lipinski definition) is 3. The van der Waals surface area contributed by atoms with Crippen LogP contribution in [0.5, 0.6) is 0 Å². The van der Waals surface area contributed by atoms with Gasteiger partial charge in [0.1, 0.15) is 0 Å². The van der Waals surface area contributed by atoms with E-state index in [4.69, 9.17) is 11.6 Å². The van der Waals surface area contributed by atoms with Crippen molar-refractivity contribution in [1.82, 2.24) is 14.8 Å². The molecule has 0 bridgehead atoms. The molecule has 3 rings (SSSR count). The summed E-state index contributed by atoms with van der Waals surface area (Å²) in [6.07, 6.45) is 3.74. The molecule has 0 unspecified atom stereocenters. The molecule has 118 valence electrons. The van der Waals surface area contributed by atoms with Gasteiger partial charge in [0, 0.05) is 35.2 Å². The number of halogens is 2. The standard InChI is InChI=1S/C16H14BrClN4O/c1-10-13(18)9-22(21-10)8-6-15(23)20-14-5-4-12(17)11-3-2-7-19-16(11)14/h2-5,7,9H,6,8H2,1H3,(H,20,23). The molecule has 1 aromatic carbocycles. The van der Waals surface area contributed by atoms with E-state index in [-0.39, 0.29) is 5.91 Å². The van der Waals surface area contributed by atoms with Gasteiger partial charge in [0.05, 0.1) is 21.9 Å². The molecule has 0 fully saturated rings. The van der Waals surface area contributed by atoms with Crippen LogP contribution in [0.2, 0.25) is 5.02 Å². The molecule has 5 nitrogen and oxygen atoms in total. The van der Waals surface area contributed by atoms with Crippen LogP contribution in [0, 0.1) is 6.92 Å². The van der Waals surface area contributed by atoms with Crippen LogP contribution in [0.15, 0.2) is 41.1 Å². The summed E-state index contributed by atoms with van der Waals surface area (Å²) in [7, 11) is 0. The maximum absolute atomic E-state index is 12.2. The van der Waals surface area contributed by atoms with Crippen molar-refractivity contribution in [1.29, 1.82) is 0 Å². The van der Waals surface area contributed by atoms with E-state index < -0.39 is 0 Å². The topological polar surface area (TPSA) is 59.8 Å². The number of benzene rings is 1. The molecule has 0 aliphatic rings. The molecule has 7 heteroatoms. The zero-order chi connectivity index (χ0) is 16.4. The first-order valence-corrected chi connectivity index (χ1v) is 8.24. The summed E-state index contributed by atoms with van der Waals surface area (Å²) < 4.78 is 2.62. The van der Waals surface area contributed by atoms with Gasteiger partial charge in [0.25, 0.3) is 0 Å². The molecule has 0 atom stereocenters. The average Bonchev–Trinajstić information content (AvgIpc) is 2.87. The minimum absolute atomic E-state index is 0.0939. The van der Waals surface area contributed by atoms with E-state index in [2.05, 4.69) is 31.3 Å². The Morgan fingerprint density at radius 2 is 2.22 bits per heavy atom. The Bertz CT molecular complexity index is 858. The first-order valence-electron chi connectivity index (χ1n) is 7.07. The number of anilines is 1. The van der Waals surface area contributed by atoms with Crippen LogP contribution in [0.4, 0.5) is 5.69 Å². The van der Waals surface area contributed by atoms with Crippen LogP contribution in [0.25, 0.3) is 10.9 Å². The van der Waals surface area contributed by atoms with Crippen LogP contribution >= 0.6 is 27.5 Å². The highest BCUT2D eigenvalue weighted by Crippen LogP contribution is 2.28. The number of fused-ring (bicyclic) bond motifs is 1. The van der Waals surface area contributed by atoms with Crippen molar-refractivity contribution in [3.8, 4) is 0 Å². The van der Waals surface area contributed by atoms with E-state index in [0.29, 0.717) is 23.7 Å². The van der Waals surface area contributed by atoms with E-state index in [1.807, 2.05) is 31.2 Å². The van der Waals surface area contributed by atoms with Crippen molar-refractivity contribution in [2.24, 2.45) is 0 Å². The number of aromatic nitrogens is 3. The number of pyridine rings is 1. The van der Waals surface area contributed by atoms with Crippen molar-refractivity contribution in [2.75, 3.05) is 5.32 Å². The Kier molecular flexibility index (Phi) is 4.63. The van der Waals surface area contributed by atoms with Gasteiger partial charge in [-0.25, -0.2) is 0 Å².